The van der Waals surface area contributed by atoms with Gasteiger partial charge >= 0.3 is 0 Å². The van der Waals surface area contributed by atoms with Gasteiger partial charge in [-0.2, -0.15) is 0 Å². The average Bonchev–Trinajstić information content (AvgIpc) is 2.63. The van der Waals surface area contributed by atoms with Gasteiger partial charge in [0.15, 0.2) is 6.10 Å². The summed E-state index contributed by atoms with van der Waals surface area (Å²) in [5, 5.41) is 2.87. The van der Waals surface area contributed by atoms with Gasteiger partial charge in [0, 0.05) is 23.5 Å². The van der Waals surface area contributed by atoms with Crippen LogP contribution >= 0.6 is 11.8 Å². The number of ether oxygens (including phenoxy) is 1. The van der Waals surface area contributed by atoms with Crippen molar-refractivity contribution in [2.75, 3.05) is 23.0 Å². The van der Waals surface area contributed by atoms with E-state index in [9.17, 15) is 9.59 Å². The molecule has 3 rings (SSSR count). The molecule has 1 unspecified atom stereocenters. The minimum Gasteiger partial charge on any atom is -0.479 e. The van der Waals surface area contributed by atoms with E-state index in [2.05, 4.69) is 5.32 Å². The molecule has 0 fully saturated rings. The predicted molar refractivity (Wildman–Crippen MR) is 100 cm³/mol. The number of rotatable bonds is 5. The Morgan fingerprint density at radius 1 is 1.20 bits per heavy atom. The largest absolute Gasteiger partial charge is 0.479 e. The maximum atomic E-state index is 12.4. The molecule has 130 valence electrons. The molecule has 1 aliphatic rings. The second-order valence-electron chi connectivity index (χ2n) is 5.74. The van der Waals surface area contributed by atoms with Crippen molar-refractivity contribution >= 4 is 35.0 Å². The van der Waals surface area contributed by atoms with E-state index < -0.39 is 6.10 Å². The Hall–Kier alpha value is -2.47. The number of nitrogens with one attached hydrogen (secondary N) is 1. The van der Waals surface area contributed by atoms with Crippen LogP contribution in [0.15, 0.2) is 53.4 Å². The van der Waals surface area contributed by atoms with E-state index in [0.717, 1.165) is 10.6 Å². The number of hydrogen-bond acceptors (Lipinski definition) is 4. The van der Waals surface area contributed by atoms with Crippen LogP contribution in [0.5, 0.6) is 5.75 Å². The van der Waals surface area contributed by atoms with Crippen LogP contribution in [0.3, 0.4) is 0 Å². The summed E-state index contributed by atoms with van der Waals surface area (Å²) in [4.78, 5) is 27.4. The number of carbonyl (C=O) groups excluding carboxylic acids is 2. The number of benzene rings is 2. The summed E-state index contributed by atoms with van der Waals surface area (Å²) < 4.78 is 5.60. The summed E-state index contributed by atoms with van der Waals surface area (Å²) in [6.45, 7) is 2.04. The number of nitrogens with zero attached hydrogens (tertiary/aromatic N) is 1. The molecule has 1 atom stereocenters. The van der Waals surface area contributed by atoms with E-state index in [1.54, 1.807) is 23.6 Å². The fourth-order valence-electron chi connectivity index (χ4n) is 2.70. The van der Waals surface area contributed by atoms with Gasteiger partial charge in [0.1, 0.15) is 5.75 Å². The monoisotopic (exact) mass is 356 g/mol. The lowest BCUT2D eigenvalue weighted by atomic mass is 10.1. The molecule has 0 radical (unpaired) electrons. The molecule has 0 saturated heterocycles. The number of anilines is 2. The van der Waals surface area contributed by atoms with Crippen molar-refractivity contribution < 1.29 is 14.3 Å². The molecule has 1 heterocycles. The minimum atomic E-state index is -0.544. The third kappa shape index (κ3) is 3.96. The fourth-order valence-corrected chi connectivity index (χ4v) is 3.11. The van der Waals surface area contributed by atoms with Crippen molar-refractivity contribution in [3.63, 3.8) is 0 Å². The number of fused-ring (bicyclic) bond motifs is 1. The average molecular weight is 356 g/mol. The molecule has 6 heteroatoms. The zero-order chi connectivity index (χ0) is 17.8. The first-order chi connectivity index (χ1) is 12.1. The molecule has 25 heavy (non-hydrogen) atoms. The Morgan fingerprint density at radius 3 is 2.64 bits per heavy atom. The van der Waals surface area contributed by atoms with Crippen LogP contribution in [0.2, 0.25) is 0 Å². The lowest BCUT2D eigenvalue weighted by molar-refractivity contribution is -0.125. The molecule has 2 aromatic rings. The Morgan fingerprint density at radius 2 is 1.92 bits per heavy atom. The molecule has 2 aromatic carbocycles. The standard InChI is InChI=1S/C19H20N2O3S/c1-13-19(23)21(16-5-3-4-6-17(16)24-13)12-11-18(22)20-14-7-9-15(25-2)10-8-14/h3-10,13H,11-12H2,1-2H3,(H,20,22). The van der Waals surface area contributed by atoms with Gasteiger partial charge in [0.2, 0.25) is 5.91 Å². The van der Waals surface area contributed by atoms with E-state index in [0.29, 0.717) is 18.0 Å². The van der Waals surface area contributed by atoms with Crippen molar-refractivity contribution in [2.24, 2.45) is 0 Å². The number of amides is 2. The third-order valence-electron chi connectivity index (χ3n) is 4.01. The van der Waals surface area contributed by atoms with Crippen molar-refractivity contribution in [3.8, 4) is 5.75 Å². The highest BCUT2D eigenvalue weighted by Crippen LogP contribution is 2.33. The van der Waals surface area contributed by atoms with Crippen LogP contribution in [-0.2, 0) is 9.59 Å². The molecule has 5 nitrogen and oxygen atoms in total. The summed E-state index contributed by atoms with van der Waals surface area (Å²) in [7, 11) is 0. The third-order valence-corrected chi connectivity index (χ3v) is 4.75. The lowest BCUT2D eigenvalue weighted by Gasteiger charge is -2.32. The molecule has 0 aromatic heterocycles. The summed E-state index contributed by atoms with van der Waals surface area (Å²) in [5.74, 6) is 0.416. The number of carbonyl (C=O) groups is 2. The van der Waals surface area contributed by atoms with E-state index >= 15 is 0 Å². The summed E-state index contributed by atoms with van der Waals surface area (Å²) in [5.41, 5.74) is 1.47. The topological polar surface area (TPSA) is 58.6 Å². The van der Waals surface area contributed by atoms with Crippen LogP contribution in [-0.4, -0.2) is 30.7 Å². The van der Waals surface area contributed by atoms with Gasteiger partial charge in [-0.25, -0.2) is 0 Å². The van der Waals surface area contributed by atoms with Gasteiger partial charge in [-0.15, -0.1) is 11.8 Å². The Kier molecular flexibility index (Phi) is 5.28. The number of para-hydroxylation sites is 2. The maximum Gasteiger partial charge on any atom is 0.267 e. The van der Waals surface area contributed by atoms with Crippen LogP contribution < -0.4 is 15.0 Å². The molecular weight excluding hydrogens is 336 g/mol. The smallest absolute Gasteiger partial charge is 0.267 e. The molecule has 0 spiro atoms. The summed E-state index contributed by atoms with van der Waals surface area (Å²) >= 11 is 1.65. The number of thioether (sulfide) groups is 1. The van der Waals surface area contributed by atoms with E-state index in [1.165, 1.54) is 0 Å². The van der Waals surface area contributed by atoms with Crippen LogP contribution in [0.1, 0.15) is 13.3 Å². The Bertz CT molecular complexity index is 776. The highest BCUT2D eigenvalue weighted by Gasteiger charge is 2.31. The molecule has 0 aliphatic carbocycles. The van der Waals surface area contributed by atoms with Gasteiger partial charge < -0.3 is 15.0 Å². The predicted octanol–water partition coefficient (Wildman–Crippen LogP) is 3.55. The number of hydrogen-bond donors (Lipinski definition) is 1. The molecular formula is C19H20N2O3S. The zero-order valence-electron chi connectivity index (χ0n) is 14.2. The molecule has 0 bridgehead atoms. The van der Waals surface area contributed by atoms with E-state index in [1.807, 2.05) is 54.8 Å². The molecule has 1 aliphatic heterocycles. The molecule has 1 N–H and O–H groups in total. The van der Waals surface area contributed by atoms with E-state index in [-0.39, 0.29) is 18.2 Å². The quantitative estimate of drug-likeness (QED) is 0.833. The summed E-state index contributed by atoms with van der Waals surface area (Å²) in [6, 6.07) is 15.1. The first-order valence-corrected chi connectivity index (χ1v) is 9.32. The van der Waals surface area contributed by atoms with E-state index in [4.69, 9.17) is 4.74 Å². The highest BCUT2D eigenvalue weighted by atomic mass is 32.2. The minimum absolute atomic E-state index is 0.124. The highest BCUT2D eigenvalue weighted by molar-refractivity contribution is 7.98. The zero-order valence-corrected chi connectivity index (χ0v) is 15.0. The van der Waals surface area contributed by atoms with Crippen molar-refractivity contribution in [1.82, 2.24) is 0 Å². The Labute approximate surface area is 151 Å². The maximum absolute atomic E-state index is 12.4. The van der Waals surface area contributed by atoms with Crippen molar-refractivity contribution in [3.05, 3.63) is 48.5 Å². The fraction of sp³-hybridized carbons (Fsp3) is 0.263. The van der Waals surface area contributed by atoms with Crippen molar-refractivity contribution in [1.29, 1.82) is 0 Å². The van der Waals surface area contributed by atoms with Crippen LogP contribution in [0.25, 0.3) is 0 Å². The normalized spacial score (nSPS) is 16.2. The summed E-state index contributed by atoms with van der Waals surface area (Å²) in [6.07, 6.45) is 1.68. The second-order valence-corrected chi connectivity index (χ2v) is 6.62. The van der Waals surface area contributed by atoms with Crippen LogP contribution in [0, 0.1) is 0 Å². The molecule has 0 saturated carbocycles. The van der Waals surface area contributed by atoms with Gasteiger partial charge in [0.05, 0.1) is 5.69 Å². The Balaban J connectivity index is 1.64. The second kappa shape index (κ2) is 7.61. The SMILES string of the molecule is CSc1ccc(NC(=O)CCN2C(=O)C(C)Oc3ccccc32)cc1. The van der Waals surface area contributed by atoms with Crippen LogP contribution in [0.4, 0.5) is 11.4 Å². The van der Waals surface area contributed by atoms with Gasteiger partial charge in [-0.1, -0.05) is 12.1 Å². The van der Waals surface area contributed by atoms with Gasteiger partial charge in [-0.3, -0.25) is 9.59 Å². The first-order valence-electron chi connectivity index (χ1n) is 8.09. The lowest BCUT2D eigenvalue weighted by Crippen LogP contribution is -2.45. The van der Waals surface area contributed by atoms with Gasteiger partial charge in [0.25, 0.3) is 5.91 Å². The van der Waals surface area contributed by atoms with Crippen molar-refractivity contribution in [2.45, 2.75) is 24.3 Å². The van der Waals surface area contributed by atoms with Gasteiger partial charge in [-0.05, 0) is 49.6 Å². The molecule has 2 amide bonds. The first kappa shape index (κ1) is 17.4.